The Hall–Kier alpha value is -5.33. The first-order valence-corrected chi connectivity index (χ1v) is 21.5. The maximum absolute atomic E-state index is 13.7. The number of fused-ring (bicyclic) bond motifs is 2. The van der Waals surface area contributed by atoms with Crippen LogP contribution in [-0.2, 0) is 27.9 Å². The van der Waals surface area contributed by atoms with Crippen molar-refractivity contribution in [2.24, 2.45) is 11.3 Å². The van der Waals surface area contributed by atoms with Crippen molar-refractivity contribution in [2.75, 3.05) is 49.6 Å². The van der Waals surface area contributed by atoms with E-state index in [9.17, 15) is 19.5 Å². The smallest absolute Gasteiger partial charge is 0.355 e. The van der Waals surface area contributed by atoms with Crippen LogP contribution in [0, 0.1) is 18.3 Å². The average molecular weight is 816 g/mol. The van der Waals surface area contributed by atoms with Crippen LogP contribution in [0.15, 0.2) is 66.7 Å². The molecule has 8 rings (SSSR count). The molecule has 1 spiro atoms. The molecule has 3 aliphatic rings. The number of ether oxygens (including phenoxy) is 2. The van der Waals surface area contributed by atoms with Crippen molar-refractivity contribution in [2.45, 2.75) is 78.7 Å². The predicted octanol–water partition coefficient (Wildman–Crippen LogP) is 8.91. The van der Waals surface area contributed by atoms with Crippen LogP contribution in [0.3, 0.4) is 0 Å². The molecule has 12 heteroatoms. The second kappa shape index (κ2) is 16.4. The molecule has 1 aliphatic carbocycles. The summed E-state index contributed by atoms with van der Waals surface area (Å²) in [6, 6.07) is 21.5. The first kappa shape index (κ1) is 40.4. The molecule has 5 aromatic rings. The quantitative estimate of drug-likeness (QED) is 0.125. The van der Waals surface area contributed by atoms with Crippen LogP contribution in [0.1, 0.15) is 96.5 Å². The number of carboxylic acids is 1. The van der Waals surface area contributed by atoms with Crippen LogP contribution < -0.4 is 15.0 Å². The third kappa shape index (κ3) is 8.43. The van der Waals surface area contributed by atoms with E-state index < -0.39 is 11.4 Å². The molecule has 2 aliphatic heterocycles. The van der Waals surface area contributed by atoms with Gasteiger partial charge in [-0.1, -0.05) is 68.5 Å². The molecule has 0 atom stereocenters. The van der Waals surface area contributed by atoms with Gasteiger partial charge in [-0.05, 0) is 134 Å². The Bertz CT molecular complexity index is 2370. The standard InChI is InChI=1S/C47H53N5O6S/c1-6-57-40(53)27-51-21-18-47(19-22-51)24-30(25-47)28-58-37-15-10-12-32(29(37)2)41-35(46(3,4)5)23-39(49-42(41)44(55)56)52-20-17-31-11-9-13-33(34(31)26-52)43(54)50-45-48-36-14-7-8-16-38(36)59-45/h7-16,23,30H,6,17-22,24-28H2,1-5H3,(H,55,56)(H,48,50,54). The minimum atomic E-state index is -1.10. The van der Waals surface area contributed by atoms with Crippen LogP contribution in [0.2, 0.25) is 0 Å². The summed E-state index contributed by atoms with van der Waals surface area (Å²) in [4.78, 5) is 52.7. The molecule has 3 aromatic carbocycles. The van der Waals surface area contributed by atoms with Gasteiger partial charge in [0.25, 0.3) is 5.91 Å². The molecule has 1 amide bonds. The lowest BCUT2D eigenvalue weighted by atomic mass is 9.58. The number of pyridine rings is 1. The Morgan fingerprint density at radius 1 is 0.983 bits per heavy atom. The molecule has 59 heavy (non-hydrogen) atoms. The number of benzene rings is 3. The van der Waals surface area contributed by atoms with E-state index in [1.54, 1.807) is 0 Å². The molecular weight excluding hydrogens is 763 g/mol. The molecule has 4 heterocycles. The first-order valence-electron chi connectivity index (χ1n) is 20.7. The summed E-state index contributed by atoms with van der Waals surface area (Å²) in [5, 5.41) is 14.4. The maximum atomic E-state index is 13.7. The molecule has 0 radical (unpaired) electrons. The Morgan fingerprint density at radius 2 is 1.75 bits per heavy atom. The number of carbonyl (C=O) groups excluding carboxylic acids is 2. The molecule has 0 unspecified atom stereocenters. The number of hydrogen-bond donors (Lipinski definition) is 2. The number of para-hydroxylation sites is 1. The number of aromatic nitrogens is 2. The van der Waals surface area contributed by atoms with Gasteiger partial charge in [-0.3, -0.25) is 19.8 Å². The van der Waals surface area contributed by atoms with E-state index in [2.05, 4.69) is 46.9 Å². The first-order chi connectivity index (χ1) is 28.3. The predicted molar refractivity (Wildman–Crippen MR) is 232 cm³/mol. The molecule has 2 N–H and O–H groups in total. The van der Waals surface area contributed by atoms with Crippen molar-refractivity contribution in [3.8, 4) is 16.9 Å². The van der Waals surface area contributed by atoms with Crippen LogP contribution in [0.5, 0.6) is 5.75 Å². The zero-order valence-corrected chi connectivity index (χ0v) is 35.4. The topological polar surface area (TPSA) is 134 Å². The van der Waals surface area contributed by atoms with Gasteiger partial charge < -0.3 is 19.5 Å². The number of likely N-dealkylation sites (tertiary alicyclic amines) is 1. The Morgan fingerprint density at radius 3 is 2.47 bits per heavy atom. The van der Waals surface area contributed by atoms with E-state index in [0.717, 1.165) is 82.6 Å². The number of hydrogen-bond acceptors (Lipinski definition) is 10. The van der Waals surface area contributed by atoms with Gasteiger partial charge in [-0.2, -0.15) is 0 Å². The second-order valence-electron chi connectivity index (χ2n) is 17.5. The number of carboxylic acid groups (broad SMARTS) is 1. The highest BCUT2D eigenvalue weighted by molar-refractivity contribution is 7.22. The monoisotopic (exact) mass is 815 g/mol. The number of piperidine rings is 1. The van der Waals surface area contributed by atoms with Gasteiger partial charge in [-0.15, -0.1) is 0 Å². The van der Waals surface area contributed by atoms with E-state index in [4.69, 9.17) is 14.5 Å². The summed E-state index contributed by atoms with van der Waals surface area (Å²) in [6.45, 7) is 14.4. The number of carbonyl (C=O) groups is 3. The highest BCUT2D eigenvalue weighted by Gasteiger charge is 2.46. The number of nitrogens with one attached hydrogen (secondary N) is 1. The lowest BCUT2D eigenvalue weighted by Gasteiger charge is -2.52. The fourth-order valence-electron chi connectivity index (χ4n) is 9.31. The molecule has 1 saturated heterocycles. The Balaban J connectivity index is 1.01. The summed E-state index contributed by atoms with van der Waals surface area (Å²) in [5.74, 6) is 0.291. The van der Waals surface area contributed by atoms with E-state index in [1.165, 1.54) is 11.3 Å². The highest BCUT2D eigenvalue weighted by Crippen LogP contribution is 2.53. The SMILES string of the molecule is CCOC(=O)CN1CCC2(CC1)CC(COc1cccc(-c3c(C(C)(C)C)cc(N4CCc5cccc(C(=O)Nc6nc7ccccc7s6)c5C4)nc3C(=O)O)c1C)C2. The van der Waals surface area contributed by atoms with Gasteiger partial charge in [0, 0.05) is 24.2 Å². The molecule has 0 bridgehead atoms. The van der Waals surface area contributed by atoms with Gasteiger partial charge in [0.05, 0.1) is 30.0 Å². The van der Waals surface area contributed by atoms with Crippen molar-refractivity contribution in [1.82, 2.24) is 14.9 Å². The van der Waals surface area contributed by atoms with Gasteiger partial charge in [0.2, 0.25) is 0 Å². The fraction of sp³-hybridized carbons (Fsp3) is 0.426. The van der Waals surface area contributed by atoms with Gasteiger partial charge in [0.15, 0.2) is 10.8 Å². The molecule has 308 valence electrons. The van der Waals surface area contributed by atoms with Crippen LogP contribution in [0.4, 0.5) is 10.9 Å². The number of thiazole rings is 1. The van der Waals surface area contributed by atoms with E-state index in [1.807, 2.05) is 74.5 Å². The third-order valence-electron chi connectivity index (χ3n) is 12.4. The number of rotatable bonds is 11. The number of nitrogens with zero attached hydrogens (tertiary/aromatic N) is 4. The summed E-state index contributed by atoms with van der Waals surface area (Å²) in [5.41, 5.74) is 6.44. The lowest BCUT2D eigenvalue weighted by Crippen LogP contribution is -2.49. The van der Waals surface area contributed by atoms with Crippen LogP contribution in [-0.4, -0.2) is 77.2 Å². The zero-order valence-electron chi connectivity index (χ0n) is 34.6. The van der Waals surface area contributed by atoms with Crippen molar-refractivity contribution in [3.05, 3.63) is 100 Å². The Kier molecular flexibility index (Phi) is 11.2. The zero-order chi connectivity index (χ0) is 41.5. The summed E-state index contributed by atoms with van der Waals surface area (Å²) in [6.07, 6.45) is 5.07. The number of amides is 1. The van der Waals surface area contributed by atoms with E-state index >= 15 is 0 Å². The third-order valence-corrected chi connectivity index (χ3v) is 13.4. The second-order valence-corrected chi connectivity index (χ2v) is 18.5. The average Bonchev–Trinajstić information content (AvgIpc) is 3.61. The van der Waals surface area contributed by atoms with Crippen LogP contribution in [0.25, 0.3) is 21.3 Å². The molecule has 2 aromatic heterocycles. The van der Waals surface area contributed by atoms with Crippen molar-refractivity contribution in [1.29, 1.82) is 0 Å². The number of anilines is 2. The van der Waals surface area contributed by atoms with Crippen molar-refractivity contribution < 1.29 is 29.0 Å². The summed E-state index contributed by atoms with van der Waals surface area (Å²) in [7, 11) is 0. The van der Waals surface area contributed by atoms with E-state index in [0.29, 0.717) is 72.7 Å². The summed E-state index contributed by atoms with van der Waals surface area (Å²) < 4.78 is 12.7. The van der Waals surface area contributed by atoms with Gasteiger partial charge in [0.1, 0.15) is 11.6 Å². The Labute approximate surface area is 349 Å². The fourth-order valence-corrected chi connectivity index (χ4v) is 10.2. The van der Waals surface area contributed by atoms with Gasteiger partial charge >= 0.3 is 11.9 Å². The normalized spacial score (nSPS) is 16.7. The number of aromatic carboxylic acids is 1. The minimum absolute atomic E-state index is 0.00410. The lowest BCUT2D eigenvalue weighted by molar-refractivity contribution is -0.145. The molecule has 1 saturated carbocycles. The van der Waals surface area contributed by atoms with Crippen LogP contribution >= 0.6 is 11.3 Å². The maximum Gasteiger partial charge on any atom is 0.355 e. The number of esters is 1. The van der Waals surface area contributed by atoms with Crippen molar-refractivity contribution in [3.63, 3.8) is 0 Å². The highest BCUT2D eigenvalue weighted by atomic mass is 32.1. The molecular formula is C47H53N5O6S. The molecule has 2 fully saturated rings. The van der Waals surface area contributed by atoms with Gasteiger partial charge in [-0.25, -0.2) is 14.8 Å². The van der Waals surface area contributed by atoms with E-state index in [-0.39, 0.29) is 17.6 Å². The minimum Gasteiger partial charge on any atom is -0.493 e. The largest absolute Gasteiger partial charge is 0.493 e. The summed E-state index contributed by atoms with van der Waals surface area (Å²) >= 11 is 1.44. The molecule has 11 nitrogen and oxygen atoms in total. The van der Waals surface area contributed by atoms with Crippen molar-refractivity contribution >= 4 is 50.3 Å².